The van der Waals surface area contributed by atoms with Gasteiger partial charge in [0.15, 0.2) is 5.71 Å². The van der Waals surface area contributed by atoms with E-state index >= 15 is 0 Å². The van der Waals surface area contributed by atoms with Crippen molar-refractivity contribution in [3.63, 3.8) is 0 Å². The Balaban J connectivity index is 1.44. The average Bonchev–Trinajstić information content (AvgIpc) is 3.02. The predicted molar refractivity (Wildman–Crippen MR) is 177 cm³/mol. The first-order valence-corrected chi connectivity index (χ1v) is 16.6. The van der Waals surface area contributed by atoms with Crippen LogP contribution in [0.3, 0.4) is 0 Å². The van der Waals surface area contributed by atoms with E-state index < -0.39 is 0 Å². The van der Waals surface area contributed by atoms with Crippen molar-refractivity contribution in [2.24, 2.45) is 17.6 Å². The van der Waals surface area contributed by atoms with Crippen LogP contribution in [0.25, 0.3) is 11.1 Å². The van der Waals surface area contributed by atoms with Crippen LogP contribution in [0.2, 0.25) is 0 Å². The third-order valence-corrected chi connectivity index (χ3v) is 10.3. The average molecular weight is 603 g/mol. The minimum absolute atomic E-state index is 0.0811. The zero-order chi connectivity index (χ0) is 31.4. The van der Waals surface area contributed by atoms with Crippen LogP contribution in [0.5, 0.6) is 0 Å². The fourth-order valence-corrected chi connectivity index (χ4v) is 7.27. The number of nitrogens with two attached hydrogens (primary N) is 1. The van der Waals surface area contributed by atoms with Crippen molar-refractivity contribution in [3.8, 4) is 11.1 Å². The van der Waals surface area contributed by atoms with Crippen LogP contribution in [0, 0.1) is 18.8 Å². The Bertz CT molecular complexity index is 1360. The molecule has 8 heteroatoms. The van der Waals surface area contributed by atoms with Crippen molar-refractivity contribution < 1.29 is 18.9 Å². The summed E-state index contributed by atoms with van der Waals surface area (Å²) in [5.74, 6) is -0.0813. The van der Waals surface area contributed by atoms with Crippen LogP contribution >= 0.6 is 0 Å². The first-order valence-electron chi connectivity index (χ1n) is 16.6. The molecule has 2 aliphatic heterocycles. The Hall–Kier alpha value is -3.07. The molecule has 0 spiro atoms. The van der Waals surface area contributed by atoms with E-state index in [0.717, 1.165) is 99.6 Å². The molecule has 3 aliphatic rings. The Morgan fingerprint density at radius 3 is 2.41 bits per heavy atom. The van der Waals surface area contributed by atoms with Crippen molar-refractivity contribution in [2.45, 2.75) is 78.4 Å². The first kappa shape index (κ1) is 32.3. The molecule has 44 heavy (non-hydrogen) atoms. The second-order valence-corrected chi connectivity index (χ2v) is 13.2. The Kier molecular flexibility index (Phi) is 10.5. The SMILES string of the molecule is CCN(c1cc(-c2ccc(CN3CCOCC3)cc2)cc(C(=O)NCC2C(=O)[N+](C)=C(C)CC2C)c1C)C1CCC(N)CC1. The van der Waals surface area contributed by atoms with Gasteiger partial charge in [-0.15, -0.1) is 0 Å². The zero-order valence-electron chi connectivity index (χ0n) is 27.4. The van der Waals surface area contributed by atoms with Gasteiger partial charge in [0.05, 0.1) is 13.2 Å². The van der Waals surface area contributed by atoms with Crippen LogP contribution in [0.4, 0.5) is 5.69 Å². The van der Waals surface area contributed by atoms with E-state index in [9.17, 15) is 9.59 Å². The lowest BCUT2D eigenvalue weighted by Gasteiger charge is -2.38. The number of rotatable bonds is 9. The maximum absolute atomic E-state index is 13.9. The number of ether oxygens (including phenoxy) is 1. The molecule has 3 N–H and O–H groups in total. The van der Waals surface area contributed by atoms with Crippen molar-refractivity contribution in [2.75, 3.05) is 51.3 Å². The highest BCUT2D eigenvalue weighted by molar-refractivity contribution is 5.99. The zero-order valence-corrected chi connectivity index (χ0v) is 27.4. The molecule has 2 aromatic carbocycles. The van der Waals surface area contributed by atoms with Crippen molar-refractivity contribution in [1.29, 1.82) is 0 Å². The van der Waals surface area contributed by atoms with Crippen LogP contribution in [-0.4, -0.2) is 85.5 Å². The summed E-state index contributed by atoms with van der Waals surface area (Å²) in [6, 6.07) is 13.7. The van der Waals surface area contributed by atoms with Crippen LogP contribution in [0.15, 0.2) is 36.4 Å². The van der Waals surface area contributed by atoms with Crippen LogP contribution in [0.1, 0.15) is 74.4 Å². The number of carbonyl (C=O) groups is 2. The number of nitrogens with zero attached hydrogens (tertiary/aromatic N) is 3. The number of morpholine rings is 1. The van der Waals surface area contributed by atoms with E-state index in [4.69, 9.17) is 10.5 Å². The highest BCUT2D eigenvalue weighted by atomic mass is 16.5. The second-order valence-electron chi connectivity index (χ2n) is 13.2. The molecule has 8 nitrogen and oxygen atoms in total. The molecule has 2 fully saturated rings. The lowest BCUT2D eigenvalue weighted by Crippen LogP contribution is -2.45. The summed E-state index contributed by atoms with van der Waals surface area (Å²) in [6.45, 7) is 14.0. The summed E-state index contributed by atoms with van der Waals surface area (Å²) in [5, 5.41) is 3.16. The molecule has 1 saturated heterocycles. The third-order valence-electron chi connectivity index (χ3n) is 10.3. The molecule has 2 heterocycles. The summed E-state index contributed by atoms with van der Waals surface area (Å²) in [5.41, 5.74) is 13.5. The minimum Gasteiger partial charge on any atom is -0.379 e. The molecular weight excluding hydrogens is 550 g/mol. The normalized spacial score (nSPS) is 24.8. The molecule has 2 amide bonds. The van der Waals surface area contributed by atoms with Crippen molar-refractivity contribution in [1.82, 2.24) is 10.2 Å². The molecule has 238 valence electrons. The summed E-state index contributed by atoms with van der Waals surface area (Å²) in [7, 11) is 1.84. The largest absolute Gasteiger partial charge is 0.391 e. The Morgan fingerprint density at radius 1 is 1.07 bits per heavy atom. The molecule has 2 atom stereocenters. The van der Waals surface area contributed by atoms with E-state index in [-0.39, 0.29) is 29.7 Å². The van der Waals surface area contributed by atoms with Gasteiger partial charge in [0.25, 0.3) is 5.91 Å². The number of nitrogens with one attached hydrogen (secondary N) is 1. The van der Waals surface area contributed by atoms with Gasteiger partial charge in [-0.05, 0) is 79.8 Å². The monoisotopic (exact) mass is 602 g/mol. The maximum Gasteiger partial charge on any atom is 0.391 e. The van der Waals surface area contributed by atoms with E-state index in [2.05, 4.69) is 66.2 Å². The summed E-state index contributed by atoms with van der Waals surface area (Å²) in [4.78, 5) is 31.9. The number of carbonyl (C=O) groups excluding carboxylic acids is 2. The Morgan fingerprint density at radius 2 is 1.75 bits per heavy atom. The standard InChI is InChI=1S/C36H51N5O3/c1-6-41(31-13-11-30(37)12-14-31)34-21-29(28-9-7-27(8-10-28)23-40-15-17-44-18-16-40)20-32(26(34)4)35(42)38-22-33-24(2)19-25(3)39(5)36(33)43/h7-10,20-21,24,30-31,33H,6,11-19,22-23,37H2,1-5H3/p+1. The summed E-state index contributed by atoms with van der Waals surface area (Å²) in [6.07, 6.45) is 5.03. The Labute approximate surface area is 263 Å². The molecule has 0 radical (unpaired) electrons. The molecule has 5 rings (SSSR count). The molecule has 1 aliphatic carbocycles. The van der Waals surface area contributed by atoms with Gasteiger partial charge in [0.1, 0.15) is 13.0 Å². The molecule has 0 bridgehead atoms. The molecule has 1 saturated carbocycles. The number of anilines is 1. The van der Waals surface area contributed by atoms with Gasteiger partial charge < -0.3 is 20.7 Å². The van der Waals surface area contributed by atoms with Gasteiger partial charge >= 0.3 is 5.91 Å². The minimum atomic E-state index is -0.229. The van der Waals surface area contributed by atoms with E-state index in [1.165, 1.54) is 5.56 Å². The third kappa shape index (κ3) is 7.24. The number of hydrogen-bond acceptors (Lipinski definition) is 6. The van der Waals surface area contributed by atoms with Gasteiger partial charge in [-0.3, -0.25) is 9.69 Å². The van der Waals surface area contributed by atoms with E-state index in [1.54, 1.807) is 4.58 Å². The number of hydrogen-bond donors (Lipinski definition) is 2. The second kappa shape index (κ2) is 14.4. The van der Waals surface area contributed by atoms with Crippen LogP contribution < -0.4 is 16.0 Å². The number of benzene rings is 2. The molecule has 2 unspecified atom stereocenters. The first-order chi connectivity index (χ1) is 21.2. The maximum atomic E-state index is 13.9. The lowest BCUT2D eigenvalue weighted by molar-refractivity contribution is -0.430. The lowest BCUT2D eigenvalue weighted by atomic mass is 9.85. The number of amides is 2. The van der Waals surface area contributed by atoms with Crippen LogP contribution in [-0.2, 0) is 16.1 Å². The highest BCUT2D eigenvalue weighted by Crippen LogP contribution is 2.35. The predicted octanol–water partition coefficient (Wildman–Crippen LogP) is 4.61. The molecule has 2 aromatic rings. The summed E-state index contributed by atoms with van der Waals surface area (Å²) < 4.78 is 7.26. The smallest absolute Gasteiger partial charge is 0.379 e. The van der Waals surface area contributed by atoms with Crippen molar-refractivity contribution >= 4 is 23.2 Å². The topological polar surface area (TPSA) is 90.9 Å². The van der Waals surface area contributed by atoms with Gasteiger partial charge in [-0.1, -0.05) is 31.2 Å². The fraction of sp³-hybridized carbons (Fsp3) is 0.583. The van der Waals surface area contributed by atoms with Gasteiger partial charge in [0, 0.05) is 69.4 Å². The van der Waals surface area contributed by atoms with Crippen molar-refractivity contribution in [3.05, 3.63) is 53.1 Å². The van der Waals surface area contributed by atoms with E-state index in [0.29, 0.717) is 18.2 Å². The fourth-order valence-electron chi connectivity index (χ4n) is 7.27. The highest BCUT2D eigenvalue weighted by Gasteiger charge is 2.38. The molecule has 0 aromatic heterocycles. The van der Waals surface area contributed by atoms with Gasteiger partial charge in [0.2, 0.25) is 0 Å². The molecular formula is C36H52N5O3+. The van der Waals surface area contributed by atoms with Gasteiger partial charge in [-0.2, -0.15) is 4.58 Å². The van der Waals surface area contributed by atoms with E-state index in [1.807, 2.05) is 20.0 Å². The van der Waals surface area contributed by atoms with Gasteiger partial charge in [-0.25, -0.2) is 4.79 Å². The quantitative estimate of drug-likeness (QED) is 0.408. The summed E-state index contributed by atoms with van der Waals surface area (Å²) >= 11 is 0.